The van der Waals surface area contributed by atoms with Crippen LogP contribution < -0.4 is 10.5 Å². The maximum atomic E-state index is 14.4. The van der Waals surface area contributed by atoms with E-state index in [2.05, 4.69) is 36.2 Å². The highest BCUT2D eigenvalue weighted by Crippen LogP contribution is 2.37. The monoisotopic (exact) mass is 435 g/mol. The summed E-state index contributed by atoms with van der Waals surface area (Å²) < 4.78 is 19.7. The molecule has 0 amide bonds. The molecule has 0 fully saturated rings. The summed E-state index contributed by atoms with van der Waals surface area (Å²) in [5.74, 6) is -0.00481. The van der Waals surface area contributed by atoms with Crippen LogP contribution in [0.5, 0.6) is 5.75 Å². The van der Waals surface area contributed by atoms with Crippen LogP contribution in [0.25, 0.3) is 21.1 Å². The second-order valence-corrected chi connectivity index (χ2v) is 8.61. The highest BCUT2D eigenvalue weighted by molar-refractivity contribution is 7.18. The number of halogens is 2. The summed E-state index contributed by atoms with van der Waals surface area (Å²) in [6.07, 6.45) is 1.02. The second kappa shape index (κ2) is 9.63. The fraction of sp³-hybridized carbons (Fsp3) is 0.333. The first-order valence-corrected chi connectivity index (χ1v) is 10.5. The Kier molecular flexibility index (Phi) is 7.18. The van der Waals surface area contributed by atoms with E-state index >= 15 is 0 Å². The van der Waals surface area contributed by atoms with E-state index in [1.54, 1.807) is 0 Å². The Bertz CT molecular complexity index is 963. The van der Waals surface area contributed by atoms with Crippen LogP contribution in [-0.4, -0.2) is 34.6 Å². The van der Waals surface area contributed by atoms with Crippen LogP contribution in [-0.2, 0) is 6.42 Å². The quantitative estimate of drug-likeness (QED) is 0.542. The Labute approximate surface area is 178 Å². The maximum absolute atomic E-state index is 14.4. The number of nitrogens with two attached hydrogens (primary N) is 1. The van der Waals surface area contributed by atoms with Crippen LogP contribution in [0.1, 0.15) is 19.4 Å². The number of aliphatic hydroxyl groups is 1. The molecular formula is C21H23ClFN3O2S. The number of rotatable bonds is 8. The van der Waals surface area contributed by atoms with E-state index in [1.807, 2.05) is 12.1 Å². The van der Waals surface area contributed by atoms with Gasteiger partial charge in [0, 0.05) is 17.2 Å². The van der Waals surface area contributed by atoms with Crippen molar-refractivity contribution in [2.75, 3.05) is 13.2 Å². The molecule has 0 aliphatic carbocycles. The van der Waals surface area contributed by atoms with E-state index in [-0.39, 0.29) is 19.0 Å². The SMILES string of the molecule is CC(C)Cc1ccc(-c2nnc(-c3cc(F)c(OCC(N)CO)cc3Cl)s2)cc1. The minimum Gasteiger partial charge on any atom is -0.489 e. The summed E-state index contributed by atoms with van der Waals surface area (Å²) in [7, 11) is 0. The average molecular weight is 436 g/mol. The molecule has 29 heavy (non-hydrogen) atoms. The minimum atomic E-state index is -0.592. The summed E-state index contributed by atoms with van der Waals surface area (Å²) in [6.45, 7) is 4.11. The van der Waals surface area contributed by atoms with Crippen molar-refractivity contribution in [1.29, 1.82) is 0 Å². The average Bonchev–Trinajstić information content (AvgIpc) is 3.18. The van der Waals surface area contributed by atoms with Gasteiger partial charge in [-0.15, -0.1) is 10.2 Å². The molecule has 2 aromatic carbocycles. The molecule has 0 aliphatic rings. The Morgan fingerprint density at radius 3 is 2.52 bits per heavy atom. The first kappa shape index (κ1) is 21.6. The summed E-state index contributed by atoms with van der Waals surface area (Å²) in [6, 6.07) is 10.3. The Morgan fingerprint density at radius 1 is 1.17 bits per heavy atom. The van der Waals surface area contributed by atoms with Crippen molar-refractivity contribution in [2.24, 2.45) is 11.7 Å². The van der Waals surface area contributed by atoms with Crippen LogP contribution in [0.3, 0.4) is 0 Å². The lowest BCUT2D eigenvalue weighted by Crippen LogP contribution is -2.31. The van der Waals surface area contributed by atoms with Crippen LogP contribution in [0.2, 0.25) is 5.02 Å². The van der Waals surface area contributed by atoms with Gasteiger partial charge in [0.2, 0.25) is 0 Å². The topological polar surface area (TPSA) is 81.3 Å². The van der Waals surface area contributed by atoms with Gasteiger partial charge in [-0.2, -0.15) is 0 Å². The molecule has 154 valence electrons. The number of aromatic nitrogens is 2. The zero-order valence-corrected chi connectivity index (χ0v) is 17.8. The van der Waals surface area contributed by atoms with Crippen molar-refractivity contribution in [2.45, 2.75) is 26.3 Å². The molecule has 8 heteroatoms. The predicted octanol–water partition coefficient (Wildman–Crippen LogP) is 4.56. The van der Waals surface area contributed by atoms with Gasteiger partial charge in [-0.05, 0) is 24.0 Å². The lowest BCUT2D eigenvalue weighted by Gasteiger charge is -2.12. The Morgan fingerprint density at radius 2 is 1.86 bits per heavy atom. The standard InChI is InChI=1S/C21H23ClFN3O2S/c1-12(2)7-13-3-5-14(6-4-13)20-25-26-21(29-20)16-8-18(23)19(9-17(16)22)28-11-15(24)10-27/h3-6,8-9,12,15,27H,7,10-11,24H2,1-2H3. The predicted molar refractivity (Wildman–Crippen MR) is 115 cm³/mol. The summed E-state index contributed by atoms with van der Waals surface area (Å²) in [5, 5.41) is 18.9. The fourth-order valence-corrected chi connectivity index (χ4v) is 3.93. The molecule has 0 bridgehead atoms. The van der Waals surface area contributed by atoms with E-state index in [0.717, 1.165) is 17.0 Å². The van der Waals surface area contributed by atoms with Crippen molar-refractivity contribution < 1.29 is 14.2 Å². The second-order valence-electron chi connectivity index (χ2n) is 7.22. The first-order chi connectivity index (χ1) is 13.9. The molecule has 0 saturated carbocycles. The van der Waals surface area contributed by atoms with Crippen LogP contribution in [0.4, 0.5) is 4.39 Å². The summed E-state index contributed by atoms with van der Waals surface area (Å²) in [5.41, 5.74) is 8.25. The van der Waals surface area contributed by atoms with Gasteiger partial charge in [0.15, 0.2) is 11.6 Å². The van der Waals surface area contributed by atoms with Crippen molar-refractivity contribution >= 4 is 22.9 Å². The van der Waals surface area contributed by atoms with Crippen LogP contribution in [0, 0.1) is 11.7 Å². The number of hydrogen-bond donors (Lipinski definition) is 2. The van der Waals surface area contributed by atoms with Crippen LogP contribution >= 0.6 is 22.9 Å². The van der Waals surface area contributed by atoms with E-state index in [0.29, 0.717) is 21.5 Å². The lowest BCUT2D eigenvalue weighted by molar-refractivity contribution is 0.202. The largest absolute Gasteiger partial charge is 0.489 e. The maximum Gasteiger partial charge on any atom is 0.165 e. The number of hydrogen-bond acceptors (Lipinski definition) is 6. The molecule has 0 spiro atoms. The van der Waals surface area contributed by atoms with Gasteiger partial charge in [-0.3, -0.25) is 0 Å². The van der Waals surface area contributed by atoms with Gasteiger partial charge in [0.25, 0.3) is 0 Å². The van der Waals surface area contributed by atoms with Crippen molar-refractivity contribution in [3.63, 3.8) is 0 Å². The lowest BCUT2D eigenvalue weighted by atomic mass is 10.0. The number of ether oxygens (including phenoxy) is 1. The van der Waals surface area contributed by atoms with Crippen molar-refractivity contribution in [3.8, 4) is 26.9 Å². The van der Waals surface area contributed by atoms with Gasteiger partial charge in [0.1, 0.15) is 16.6 Å². The molecule has 1 atom stereocenters. The molecule has 1 aromatic heterocycles. The van der Waals surface area contributed by atoms with E-state index in [4.69, 9.17) is 27.2 Å². The Balaban J connectivity index is 1.80. The smallest absolute Gasteiger partial charge is 0.165 e. The van der Waals surface area contributed by atoms with E-state index in [1.165, 1.54) is 29.0 Å². The van der Waals surface area contributed by atoms with Gasteiger partial charge in [0.05, 0.1) is 17.7 Å². The fourth-order valence-electron chi connectivity index (χ4n) is 2.76. The highest BCUT2D eigenvalue weighted by Gasteiger charge is 2.16. The molecule has 1 heterocycles. The molecule has 0 radical (unpaired) electrons. The zero-order valence-electron chi connectivity index (χ0n) is 16.2. The first-order valence-electron chi connectivity index (χ1n) is 9.28. The van der Waals surface area contributed by atoms with Gasteiger partial charge >= 0.3 is 0 Å². The van der Waals surface area contributed by atoms with Gasteiger partial charge < -0.3 is 15.6 Å². The summed E-state index contributed by atoms with van der Waals surface area (Å²) >= 11 is 7.66. The molecule has 3 rings (SSSR count). The minimum absolute atomic E-state index is 0.0150. The molecule has 3 aromatic rings. The summed E-state index contributed by atoms with van der Waals surface area (Å²) in [4.78, 5) is 0. The normalized spacial score (nSPS) is 12.4. The number of nitrogens with zero attached hydrogens (tertiary/aromatic N) is 2. The zero-order chi connectivity index (χ0) is 21.0. The molecular weight excluding hydrogens is 413 g/mol. The van der Waals surface area contributed by atoms with E-state index < -0.39 is 11.9 Å². The molecule has 5 nitrogen and oxygen atoms in total. The third kappa shape index (κ3) is 5.51. The Hall–Kier alpha value is -2.06. The van der Waals surface area contributed by atoms with Crippen LogP contribution in [0.15, 0.2) is 36.4 Å². The third-order valence-corrected chi connectivity index (χ3v) is 5.53. The molecule has 0 saturated heterocycles. The van der Waals surface area contributed by atoms with Crippen molar-refractivity contribution in [3.05, 3.63) is 52.8 Å². The van der Waals surface area contributed by atoms with Gasteiger partial charge in [-0.1, -0.05) is 61.1 Å². The molecule has 0 aliphatic heterocycles. The number of benzene rings is 2. The third-order valence-electron chi connectivity index (χ3n) is 4.21. The van der Waals surface area contributed by atoms with Gasteiger partial charge in [-0.25, -0.2) is 4.39 Å². The van der Waals surface area contributed by atoms with E-state index in [9.17, 15) is 4.39 Å². The highest BCUT2D eigenvalue weighted by atomic mass is 35.5. The molecule has 1 unspecified atom stereocenters. The number of aliphatic hydroxyl groups excluding tert-OH is 1. The van der Waals surface area contributed by atoms with Crippen molar-refractivity contribution in [1.82, 2.24) is 10.2 Å². The molecule has 3 N–H and O–H groups in total.